The number of rotatable bonds is 3. The number of nitrogens with zero attached hydrogens (tertiary/aromatic N) is 1. The van der Waals surface area contributed by atoms with Gasteiger partial charge in [-0.3, -0.25) is 0 Å². The van der Waals surface area contributed by atoms with Crippen LogP contribution in [0.15, 0.2) is 36.5 Å². The van der Waals surface area contributed by atoms with Crippen LogP contribution in [0.4, 0.5) is 5.82 Å². The van der Waals surface area contributed by atoms with Crippen molar-refractivity contribution in [1.29, 1.82) is 0 Å². The standard InChI is InChI=1S/C15H18N2O/c1-10-4-3-5-12(6-10)8-14(18)13-7-11(2)9-17-15(13)16/h3-7,9,14,18H,8H2,1-2H3,(H2,16,17). The number of anilines is 1. The van der Waals surface area contributed by atoms with Crippen LogP contribution in [0, 0.1) is 13.8 Å². The minimum atomic E-state index is -0.612. The van der Waals surface area contributed by atoms with E-state index in [1.54, 1.807) is 6.20 Å². The molecule has 3 nitrogen and oxygen atoms in total. The average Bonchev–Trinajstić information content (AvgIpc) is 2.32. The Morgan fingerprint density at radius 3 is 2.72 bits per heavy atom. The molecule has 2 aromatic rings. The number of aliphatic hydroxyl groups is 1. The van der Waals surface area contributed by atoms with E-state index in [0.717, 1.165) is 11.1 Å². The number of aromatic nitrogens is 1. The van der Waals surface area contributed by atoms with Crippen molar-refractivity contribution in [2.75, 3.05) is 5.73 Å². The fourth-order valence-electron chi connectivity index (χ4n) is 2.04. The summed E-state index contributed by atoms with van der Waals surface area (Å²) in [6, 6.07) is 10.0. The Morgan fingerprint density at radius 2 is 2.00 bits per heavy atom. The van der Waals surface area contributed by atoms with Gasteiger partial charge in [-0.1, -0.05) is 29.8 Å². The minimum Gasteiger partial charge on any atom is -0.388 e. The molecule has 2 rings (SSSR count). The molecule has 3 heteroatoms. The summed E-state index contributed by atoms with van der Waals surface area (Å²) < 4.78 is 0. The number of benzene rings is 1. The highest BCUT2D eigenvalue weighted by Gasteiger charge is 2.13. The van der Waals surface area contributed by atoms with Crippen molar-refractivity contribution in [2.24, 2.45) is 0 Å². The maximum Gasteiger partial charge on any atom is 0.129 e. The van der Waals surface area contributed by atoms with E-state index in [4.69, 9.17) is 5.73 Å². The largest absolute Gasteiger partial charge is 0.388 e. The van der Waals surface area contributed by atoms with Gasteiger partial charge in [0.05, 0.1) is 6.10 Å². The van der Waals surface area contributed by atoms with Crippen LogP contribution in [0.3, 0.4) is 0 Å². The Labute approximate surface area is 107 Å². The Hall–Kier alpha value is -1.87. The summed E-state index contributed by atoms with van der Waals surface area (Å²) in [5.74, 6) is 0.403. The van der Waals surface area contributed by atoms with Crippen molar-refractivity contribution < 1.29 is 5.11 Å². The number of aliphatic hydroxyl groups excluding tert-OH is 1. The van der Waals surface area contributed by atoms with Gasteiger partial charge in [0, 0.05) is 18.2 Å². The second-order valence-electron chi connectivity index (χ2n) is 4.70. The maximum atomic E-state index is 10.3. The van der Waals surface area contributed by atoms with Crippen LogP contribution in [0.2, 0.25) is 0 Å². The lowest BCUT2D eigenvalue weighted by Gasteiger charge is -2.14. The SMILES string of the molecule is Cc1cccc(CC(O)c2cc(C)cnc2N)c1. The third-order valence-corrected chi connectivity index (χ3v) is 2.96. The van der Waals surface area contributed by atoms with Gasteiger partial charge in [0.15, 0.2) is 0 Å². The van der Waals surface area contributed by atoms with E-state index in [2.05, 4.69) is 11.1 Å². The molecular formula is C15H18N2O. The van der Waals surface area contributed by atoms with Gasteiger partial charge in [0.2, 0.25) is 0 Å². The molecule has 0 aliphatic heterocycles. The van der Waals surface area contributed by atoms with Gasteiger partial charge in [-0.05, 0) is 31.0 Å². The molecule has 1 heterocycles. The first-order chi connectivity index (χ1) is 8.56. The van der Waals surface area contributed by atoms with Crippen molar-refractivity contribution in [3.05, 3.63) is 58.8 Å². The molecule has 1 unspecified atom stereocenters. The molecular weight excluding hydrogens is 224 g/mol. The molecule has 3 N–H and O–H groups in total. The zero-order valence-electron chi connectivity index (χ0n) is 10.7. The van der Waals surface area contributed by atoms with Crippen molar-refractivity contribution in [3.63, 3.8) is 0 Å². The lowest BCUT2D eigenvalue weighted by Crippen LogP contribution is -2.07. The summed E-state index contributed by atoms with van der Waals surface area (Å²) in [6.45, 7) is 3.98. The number of nitrogen functional groups attached to an aromatic ring is 1. The Balaban J connectivity index is 2.21. The molecule has 94 valence electrons. The van der Waals surface area contributed by atoms with Gasteiger partial charge in [-0.25, -0.2) is 4.98 Å². The van der Waals surface area contributed by atoms with E-state index in [1.165, 1.54) is 5.56 Å². The van der Waals surface area contributed by atoms with Crippen LogP contribution in [-0.2, 0) is 6.42 Å². The lowest BCUT2D eigenvalue weighted by molar-refractivity contribution is 0.179. The summed E-state index contributed by atoms with van der Waals surface area (Å²) >= 11 is 0. The first-order valence-electron chi connectivity index (χ1n) is 6.02. The monoisotopic (exact) mass is 242 g/mol. The van der Waals surface area contributed by atoms with Gasteiger partial charge in [-0.2, -0.15) is 0 Å². The molecule has 18 heavy (non-hydrogen) atoms. The van der Waals surface area contributed by atoms with Crippen molar-refractivity contribution >= 4 is 5.82 Å². The highest BCUT2D eigenvalue weighted by molar-refractivity contribution is 5.43. The maximum absolute atomic E-state index is 10.3. The van der Waals surface area contributed by atoms with Crippen molar-refractivity contribution in [2.45, 2.75) is 26.4 Å². The smallest absolute Gasteiger partial charge is 0.129 e. The fourth-order valence-corrected chi connectivity index (χ4v) is 2.04. The number of pyridine rings is 1. The summed E-state index contributed by atoms with van der Waals surface area (Å²) in [7, 11) is 0. The number of hydrogen-bond donors (Lipinski definition) is 2. The van der Waals surface area contributed by atoms with E-state index in [0.29, 0.717) is 17.8 Å². The predicted octanol–water partition coefficient (Wildman–Crippen LogP) is 2.56. The molecule has 0 saturated carbocycles. The first kappa shape index (κ1) is 12.6. The van der Waals surface area contributed by atoms with Gasteiger partial charge in [-0.15, -0.1) is 0 Å². The van der Waals surface area contributed by atoms with Crippen molar-refractivity contribution in [3.8, 4) is 0 Å². The van der Waals surface area contributed by atoms with Crippen LogP contribution in [-0.4, -0.2) is 10.1 Å². The summed E-state index contributed by atoms with van der Waals surface area (Å²) in [4.78, 5) is 4.08. The normalized spacial score (nSPS) is 12.4. The quantitative estimate of drug-likeness (QED) is 0.869. The molecule has 1 aromatic heterocycles. The second-order valence-corrected chi connectivity index (χ2v) is 4.70. The highest BCUT2D eigenvalue weighted by atomic mass is 16.3. The first-order valence-corrected chi connectivity index (χ1v) is 6.02. The number of nitrogens with two attached hydrogens (primary N) is 1. The Bertz CT molecular complexity index is 552. The highest BCUT2D eigenvalue weighted by Crippen LogP contribution is 2.23. The molecule has 0 fully saturated rings. The molecule has 0 spiro atoms. The molecule has 1 atom stereocenters. The molecule has 0 bridgehead atoms. The van der Waals surface area contributed by atoms with Gasteiger partial charge in [0.25, 0.3) is 0 Å². The van der Waals surface area contributed by atoms with Gasteiger partial charge >= 0.3 is 0 Å². The van der Waals surface area contributed by atoms with Crippen LogP contribution in [0.5, 0.6) is 0 Å². The van der Waals surface area contributed by atoms with E-state index < -0.39 is 6.10 Å². The van der Waals surface area contributed by atoms with Crippen LogP contribution in [0.25, 0.3) is 0 Å². The van der Waals surface area contributed by atoms with E-state index >= 15 is 0 Å². The van der Waals surface area contributed by atoms with Crippen LogP contribution >= 0.6 is 0 Å². The molecule has 0 saturated heterocycles. The van der Waals surface area contributed by atoms with Gasteiger partial charge < -0.3 is 10.8 Å². The minimum absolute atomic E-state index is 0.403. The van der Waals surface area contributed by atoms with Crippen LogP contribution in [0.1, 0.15) is 28.4 Å². The Morgan fingerprint density at radius 1 is 1.22 bits per heavy atom. The van der Waals surface area contributed by atoms with Crippen molar-refractivity contribution in [1.82, 2.24) is 4.98 Å². The van der Waals surface area contributed by atoms with E-state index in [-0.39, 0.29) is 0 Å². The molecule has 0 aliphatic carbocycles. The van der Waals surface area contributed by atoms with Gasteiger partial charge in [0.1, 0.15) is 5.82 Å². The summed E-state index contributed by atoms with van der Waals surface area (Å²) in [5.41, 5.74) is 9.80. The average molecular weight is 242 g/mol. The number of aryl methyl sites for hydroxylation is 2. The molecule has 1 aromatic carbocycles. The summed E-state index contributed by atoms with van der Waals surface area (Å²) in [5, 5.41) is 10.3. The molecule has 0 amide bonds. The Kier molecular flexibility index (Phi) is 3.63. The third kappa shape index (κ3) is 2.87. The van der Waals surface area contributed by atoms with E-state index in [1.807, 2.05) is 38.1 Å². The number of hydrogen-bond acceptors (Lipinski definition) is 3. The lowest BCUT2D eigenvalue weighted by atomic mass is 10.00. The van der Waals surface area contributed by atoms with E-state index in [9.17, 15) is 5.11 Å². The zero-order chi connectivity index (χ0) is 13.1. The fraction of sp³-hybridized carbons (Fsp3) is 0.267. The molecule has 0 aliphatic rings. The third-order valence-electron chi connectivity index (χ3n) is 2.96. The summed E-state index contributed by atoms with van der Waals surface area (Å²) in [6.07, 6.45) is 1.65. The topological polar surface area (TPSA) is 59.1 Å². The second kappa shape index (κ2) is 5.19. The molecule has 0 radical (unpaired) electrons. The zero-order valence-corrected chi connectivity index (χ0v) is 10.7. The van der Waals surface area contributed by atoms with Crippen LogP contribution < -0.4 is 5.73 Å². The predicted molar refractivity (Wildman–Crippen MR) is 73.2 cm³/mol.